The highest BCUT2D eigenvalue weighted by Gasteiger charge is 2.16. The van der Waals surface area contributed by atoms with Gasteiger partial charge in [-0.3, -0.25) is 9.59 Å². The summed E-state index contributed by atoms with van der Waals surface area (Å²) in [5.74, 6) is 0.609. The molecule has 0 radical (unpaired) electrons. The van der Waals surface area contributed by atoms with E-state index in [4.69, 9.17) is 0 Å². The van der Waals surface area contributed by atoms with Gasteiger partial charge >= 0.3 is 0 Å². The van der Waals surface area contributed by atoms with E-state index in [9.17, 15) is 9.59 Å². The smallest absolute Gasteiger partial charge is 0.239 e. The summed E-state index contributed by atoms with van der Waals surface area (Å²) in [5, 5.41) is 8.80. The first kappa shape index (κ1) is 16.0. The van der Waals surface area contributed by atoms with Crippen LogP contribution >= 0.6 is 0 Å². The third kappa shape index (κ3) is 6.29. The van der Waals surface area contributed by atoms with Gasteiger partial charge < -0.3 is 16.0 Å². The van der Waals surface area contributed by atoms with Crippen molar-refractivity contribution in [3.8, 4) is 0 Å². The molecule has 1 aliphatic heterocycles. The number of carbonyl (C=O) groups is 2. The molecule has 0 unspecified atom stereocenters. The molecule has 0 saturated heterocycles. The second-order valence-electron chi connectivity index (χ2n) is 6.06. The van der Waals surface area contributed by atoms with Gasteiger partial charge in [-0.1, -0.05) is 37.3 Å². The molecule has 5 heteroatoms. The Morgan fingerprint density at radius 2 is 2.00 bits per heavy atom. The van der Waals surface area contributed by atoms with Crippen molar-refractivity contribution in [1.82, 2.24) is 16.0 Å². The van der Waals surface area contributed by atoms with Gasteiger partial charge in [0.1, 0.15) is 0 Å². The zero-order valence-electron chi connectivity index (χ0n) is 12.7. The van der Waals surface area contributed by atoms with Gasteiger partial charge in [0, 0.05) is 19.5 Å². The molecule has 0 aromatic heterocycles. The Morgan fingerprint density at radius 3 is 2.71 bits per heavy atom. The molecule has 3 N–H and O–H groups in total. The van der Waals surface area contributed by atoms with E-state index >= 15 is 0 Å². The Bertz CT molecular complexity index is 387. The van der Waals surface area contributed by atoms with E-state index in [1.165, 1.54) is 31.3 Å². The molecular weight excluding hydrogens is 266 g/mol. The van der Waals surface area contributed by atoms with Gasteiger partial charge in [0.25, 0.3) is 0 Å². The van der Waals surface area contributed by atoms with Crippen LogP contribution in [-0.2, 0) is 9.59 Å². The lowest BCUT2D eigenvalue weighted by atomic mass is 10.0. The van der Waals surface area contributed by atoms with Crippen molar-refractivity contribution in [2.75, 3.05) is 26.2 Å². The molecule has 118 valence electrons. The number of hydrogen-bond donors (Lipinski definition) is 3. The first-order chi connectivity index (χ1) is 10.2. The van der Waals surface area contributed by atoms with Gasteiger partial charge in [-0.25, -0.2) is 0 Å². The molecule has 0 bridgehead atoms. The Labute approximate surface area is 126 Å². The SMILES string of the molecule is O=C(CCC1CCCC1)NCC(=O)NCC1=CCNCC1. The van der Waals surface area contributed by atoms with Gasteiger partial charge in [0.2, 0.25) is 11.8 Å². The summed E-state index contributed by atoms with van der Waals surface area (Å²) in [4.78, 5) is 23.4. The van der Waals surface area contributed by atoms with Crippen molar-refractivity contribution in [1.29, 1.82) is 0 Å². The molecule has 1 saturated carbocycles. The summed E-state index contributed by atoms with van der Waals surface area (Å²) in [6, 6.07) is 0. The molecule has 1 fully saturated rings. The van der Waals surface area contributed by atoms with Gasteiger partial charge in [-0.2, -0.15) is 0 Å². The van der Waals surface area contributed by atoms with E-state index in [0.29, 0.717) is 13.0 Å². The van der Waals surface area contributed by atoms with Crippen molar-refractivity contribution >= 4 is 11.8 Å². The summed E-state index contributed by atoms with van der Waals surface area (Å²) in [7, 11) is 0. The Balaban J connectivity index is 1.53. The fraction of sp³-hybridized carbons (Fsp3) is 0.750. The van der Waals surface area contributed by atoms with E-state index in [1.807, 2.05) is 0 Å². The molecule has 1 aliphatic carbocycles. The highest BCUT2D eigenvalue weighted by molar-refractivity contribution is 5.84. The standard InChI is InChI=1S/C16H27N3O2/c20-15(6-5-13-3-1-2-4-13)19-12-16(21)18-11-14-7-9-17-10-8-14/h7,13,17H,1-6,8-12H2,(H,18,21)(H,19,20). The van der Waals surface area contributed by atoms with Gasteiger partial charge in [0.05, 0.1) is 6.54 Å². The zero-order valence-corrected chi connectivity index (χ0v) is 12.7. The summed E-state index contributed by atoms with van der Waals surface area (Å²) in [6.45, 7) is 2.54. The lowest BCUT2D eigenvalue weighted by molar-refractivity contribution is -0.126. The van der Waals surface area contributed by atoms with Crippen LogP contribution in [0.4, 0.5) is 0 Å². The molecule has 1 heterocycles. The van der Waals surface area contributed by atoms with E-state index < -0.39 is 0 Å². The van der Waals surface area contributed by atoms with Crippen LogP contribution in [0.5, 0.6) is 0 Å². The monoisotopic (exact) mass is 293 g/mol. The lowest BCUT2D eigenvalue weighted by Crippen LogP contribution is -2.38. The Hall–Kier alpha value is -1.36. The van der Waals surface area contributed by atoms with Gasteiger partial charge in [-0.15, -0.1) is 0 Å². The van der Waals surface area contributed by atoms with Crippen LogP contribution in [0.2, 0.25) is 0 Å². The quantitative estimate of drug-likeness (QED) is 0.616. The van der Waals surface area contributed by atoms with Crippen molar-refractivity contribution in [2.45, 2.75) is 44.9 Å². The van der Waals surface area contributed by atoms with Crippen molar-refractivity contribution in [3.63, 3.8) is 0 Å². The zero-order chi connectivity index (χ0) is 14.9. The third-order valence-electron chi connectivity index (χ3n) is 4.37. The van der Waals surface area contributed by atoms with Gasteiger partial charge in [-0.05, 0) is 25.3 Å². The molecule has 0 aromatic carbocycles. The third-order valence-corrected chi connectivity index (χ3v) is 4.37. The summed E-state index contributed by atoms with van der Waals surface area (Å²) >= 11 is 0. The summed E-state index contributed by atoms with van der Waals surface area (Å²) in [5.41, 5.74) is 1.26. The summed E-state index contributed by atoms with van der Waals surface area (Å²) < 4.78 is 0. The van der Waals surface area contributed by atoms with E-state index in [0.717, 1.165) is 31.8 Å². The fourth-order valence-electron chi connectivity index (χ4n) is 3.01. The molecule has 0 atom stereocenters. The van der Waals surface area contributed by atoms with E-state index in [2.05, 4.69) is 22.0 Å². The largest absolute Gasteiger partial charge is 0.351 e. The number of hydrogen-bond acceptors (Lipinski definition) is 3. The molecule has 0 aromatic rings. The normalized spacial score (nSPS) is 19.1. The van der Waals surface area contributed by atoms with E-state index in [-0.39, 0.29) is 18.4 Å². The van der Waals surface area contributed by atoms with Crippen LogP contribution < -0.4 is 16.0 Å². The minimum Gasteiger partial charge on any atom is -0.351 e. The van der Waals surface area contributed by atoms with Crippen LogP contribution in [0.15, 0.2) is 11.6 Å². The molecule has 0 spiro atoms. The maximum atomic E-state index is 11.7. The summed E-state index contributed by atoms with van der Waals surface area (Å²) in [6.07, 6.45) is 9.75. The Morgan fingerprint density at radius 1 is 1.19 bits per heavy atom. The minimum atomic E-state index is -0.108. The van der Waals surface area contributed by atoms with Crippen LogP contribution in [0.25, 0.3) is 0 Å². The minimum absolute atomic E-state index is 0.00173. The highest BCUT2D eigenvalue weighted by Crippen LogP contribution is 2.28. The maximum absolute atomic E-state index is 11.7. The Kier molecular flexibility index (Phi) is 6.73. The van der Waals surface area contributed by atoms with Crippen LogP contribution in [-0.4, -0.2) is 38.0 Å². The highest BCUT2D eigenvalue weighted by atomic mass is 16.2. The molecule has 5 nitrogen and oxygen atoms in total. The van der Waals surface area contributed by atoms with E-state index in [1.54, 1.807) is 0 Å². The molecular formula is C16H27N3O2. The number of amides is 2. The second-order valence-corrected chi connectivity index (χ2v) is 6.06. The van der Waals surface area contributed by atoms with Crippen molar-refractivity contribution < 1.29 is 9.59 Å². The number of rotatable bonds is 7. The molecule has 21 heavy (non-hydrogen) atoms. The van der Waals surface area contributed by atoms with Crippen LogP contribution in [0.1, 0.15) is 44.9 Å². The predicted octanol–water partition coefficient (Wildman–Crippen LogP) is 1.11. The lowest BCUT2D eigenvalue weighted by Gasteiger charge is -2.14. The topological polar surface area (TPSA) is 70.2 Å². The maximum Gasteiger partial charge on any atom is 0.239 e. The first-order valence-electron chi connectivity index (χ1n) is 8.16. The van der Waals surface area contributed by atoms with Crippen molar-refractivity contribution in [3.05, 3.63) is 11.6 Å². The van der Waals surface area contributed by atoms with Gasteiger partial charge in [0.15, 0.2) is 0 Å². The fourth-order valence-corrected chi connectivity index (χ4v) is 3.01. The second kappa shape index (κ2) is 8.82. The van der Waals surface area contributed by atoms with Crippen LogP contribution in [0, 0.1) is 5.92 Å². The molecule has 2 rings (SSSR count). The number of carbonyl (C=O) groups excluding carboxylic acids is 2. The first-order valence-corrected chi connectivity index (χ1v) is 8.16. The van der Waals surface area contributed by atoms with Crippen molar-refractivity contribution in [2.24, 2.45) is 5.92 Å². The van der Waals surface area contributed by atoms with Crippen LogP contribution in [0.3, 0.4) is 0 Å². The molecule has 2 aliphatic rings. The number of nitrogens with one attached hydrogen (secondary N) is 3. The molecule has 2 amide bonds. The average Bonchev–Trinajstić information content (AvgIpc) is 3.03. The average molecular weight is 293 g/mol. The predicted molar refractivity (Wildman–Crippen MR) is 82.8 cm³/mol.